The van der Waals surface area contributed by atoms with Gasteiger partial charge in [0.05, 0.1) is 0 Å². The first-order valence-corrected chi connectivity index (χ1v) is 7.92. The average Bonchev–Trinajstić information content (AvgIpc) is 2.81. The molecule has 6 nitrogen and oxygen atoms in total. The van der Waals surface area contributed by atoms with Gasteiger partial charge in [-0.05, 0) is 32.1 Å². The van der Waals surface area contributed by atoms with Crippen LogP contribution in [0.1, 0.15) is 54.4 Å². The van der Waals surface area contributed by atoms with Crippen LogP contribution in [0.5, 0.6) is 0 Å². The summed E-state index contributed by atoms with van der Waals surface area (Å²) in [5, 5.41) is 5.60. The predicted molar refractivity (Wildman–Crippen MR) is 85.1 cm³/mol. The van der Waals surface area contributed by atoms with E-state index in [1.165, 1.54) is 6.92 Å². The zero-order valence-corrected chi connectivity index (χ0v) is 14.5. The monoisotopic (exact) mass is 311 g/mol. The lowest BCUT2D eigenvalue weighted by molar-refractivity contribution is -0.143. The largest absolute Gasteiger partial charge is 0.352 e. The Balaban J connectivity index is 2.92. The van der Waals surface area contributed by atoms with Crippen molar-refractivity contribution < 1.29 is 14.4 Å². The lowest BCUT2D eigenvalue weighted by Crippen LogP contribution is -2.57. The highest BCUT2D eigenvalue weighted by molar-refractivity contribution is 5.92. The lowest BCUT2D eigenvalue weighted by Gasteiger charge is -2.35. The predicted octanol–water partition coefficient (Wildman–Crippen LogP) is 1.05. The molecule has 1 heterocycles. The van der Waals surface area contributed by atoms with Crippen molar-refractivity contribution in [1.29, 1.82) is 0 Å². The molecule has 0 aromatic heterocycles. The summed E-state index contributed by atoms with van der Waals surface area (Å²) in [5.74, 6) is -0.531. The number of amides is 3. The third-order valence-corrected chi connectivity index (χ3v) is 3.73. The first-order chi connectivity index (χ1) is 10.0. The number of rotatable bonds is 4. The molecule has 1 rings (SSSR count). The molecule has 0 saturated carbocycles. The van der Waals surface area contributed by atoms with Crippen molar-refractivity contribution in [3.8, 4) is 0 Å². The minimum atomic E-state index is -0.627. The summed E-state index contributed by atoms with van der Waals surface area (Å²) in [6.07, 6.45) is 1.47. The molecule has 0 aromatic rings. The molecule has 0 aliphatic carbocycles. The molecule has 3 amide bonds. The molecule has 6 heteroatoms. The van der Waals surface area contributed by atoms with Crippen molar-refractivity contribution in [1.82, 2.24) is 15.5 Å². The van der Waals surface area contributed by atoms with Crippen LogP contribution in [0.2, 0.25) is 0 Å². The quantitative estimate of drug-likeness (QED) is 0.814. The SMILES string of the molecule is CC(=O)NC(C(=O)N1CCCC1C(=O)NC(C)C)C(C)(C)C. The first-order valence-electron chi connectivity index (χ1n) is 7.92. The van der Waals surface area contributed by atoms with Gasteiger partial charge in [0.15, 0.2) is 0 Å². The summed E-state index contributed by atoms with van der Waals surface area (Å²) in [6, 6.07) is -1.02. The molecule has 0 aromatic carbocycles. The van der Waals surface area contributed by atoms with Gasteiger partial charge in [-0.3, -0.25) is 14.4 Å². The van der Waals surface area contributed by atoms with Crippen LogP contribution in [0.25, 0.3) is 0 Å². The van der Waals surface area contributed by atoms with Crippen molar-refractivity contribution >= 4 is 17.7 Å². The number of hydrogen-bond donors (Lipinski definition) is 2. The number of carbonyl (C=O) groups excluding carboxylic acids is 3. The van der Waals surface area contributed by atoms with Crippen LogP contribution in [-0.2, 0) is 14.4 Å². The molecule has 2 unspecified atom stereocenters. The van der Waals surface area contributed by atoms with Crippen molar-refractivity contribution in [2.24, 2.45) is 5.41 Å². The molecular formula is C16H29N3O3. The van der Waals surface area contributed by atoms with Gasteiger partial charge < -0.3 is 15.5 Å². The standard InChI is InChI=1S/C16H29N3O3/c1-10(2)17-14(21)12-8-7-9-19(12)15(22)13(16(4,5)6)18-11(3)20/h10,12-13H,7-9H2,1-6H3,(H,17,21)(H,18,20). The minimum absolute atomic E-state index is 0.0406. The second-order valence-electron chi connectivity index (χ2n) is 7.35. The van der Waals surface area contributed by atoms with Crippen molar-refractivity contribution in [2.45, 2.75) is 72.5 Å². The number of nitrogens with zero attached hydrogens (tertiary/aromatic N) is 1. The molecule has 0 spiro atoms. The van der Waals surface area contributed by atoms with E-state index in [9.17, 15) is 14.4 Å². The summed E-state index contributed by atoms with van der Waals surface area (Å²) in [4.78, 5) is 38.2. The van der Waals surface area contributed by atoms with E-state index in [1.54, 1.807) is 4.90 Å². The van der Waals surface area contributed by atoms with E-state index >= 15 is 0 Å². The fourth-order valence-electron chi connectivity index (χ4n) is 2.70. The van der Waals surface area contributed by atoms with Crippen LogP contribution in [0.4, 0.5) is 0 Å². The van der Waals surface area contributed by atoms with E-state index in [0.29, 0.717) is 13.0 Å². The highest BCUT2D eigenvalue weighted by Crippen LogP contribution is 2.25. The van der Waals surface area contributed by atoms with Crippen LogP contribution in [0, 0.1) is 5.41 Å². The third-order valence-electron chi connectivity index (χ3n) is 3.73. The Bertz CT molecular complexity index is 440. The van der Waals surface area contributed by atoms with E-state index in [2.05, 4.69) is 10.6 Å². The second kappa shape index (κ2) is 7.11. The van der Waals surface area contributed by atoms with Gasteiger partial charge in [0.25, 0.3) is 0 Å². The van der Waals surface area contributed by atoms with Gasteiger partial charge in [-0.25, -0.2) is 0 Å². The van der Waals surface area contributed by atoms with Crippen molar-refractivity contribution in [3.63, 3.8) is 0 Å². The topological polar surface area (TPSA) is 78.5 Å². The fourth-order valence-corrected chi connectivity index (χ4v) is 2.70. The van der Waals surface area contributed by atoms with Crippen molar-refractivity contribution in [3.05, 3.63) is 0 Å². The molecule has 22 heavy (non-hydrogen) atoms. The normalized spacial score (nSPS) is 20.0. The van der Waals surface area contributed by atoms with Crippen LogP contribution < -0.4 is 10.6 Å². The lowest BCUT2D eigenvalue weighted by atomic mass is 9.85. The molecule has 1 saturated heterocycles. The number of nitrogens with one attached hydrogen (secondary N) is 2. The number of hydrogen-bond acceptors (Lipinski definition) is 3. The number of likely N-dealkylation sites (tertiary alicyclic amines) is 1. The van der Waals surface area contributed by atoms with Crippen LogP contribution in [0.15, 0.2) is 0 Å². The van der Waals surface area contributed by atoms with Gasteiger partial charge in [0.2, 0.25) is 17.7 Å². The third kappa shape index (κ3) is 4.71. The number of carbonyl (C=O) groups is 3. The zero-order chi connectivity index (χ0) is 17.1. The zero-order valence-electron chi connectivity index (χ0n) is 14.5. The fraction of sp³-hybridized carbons (Fsp3) is 0.812. The average molecular weight is 311 g/mol. The maximum absolute atomic E-state index is 12.9. The molecule has 1 fully saturated rings. The van der Waals surface area contributed by atoms with Crippen LogP contribution in [-0.4, -0.2) is 47.3 Å². The summed E-state index contributed by atoms with van der Waals surface area (Å²) in [6.45, 7) is 11.5. The Kier molecular flexibility index (Phi) is 5.97. The molecule has 0 radical (unpaired) electrons. The molecule has 1 aliphatic rings. The Morgan fingerprint density at radius 1 is 1.14 bits per heavy atom. The van der Waals surface area contributed by atoms with Crippen LogP contribution >= 0.6 is 0 Å². The smallest absolute Gasteiger partial charge is 0.246 e. The molecule has 2 atom stereocenters. The second-order valence-corrected chi connectivity index (χ2v) is 7.35. The first kappa shape index (κ1) is 18.5. The maximum Gasteiger partial charge on any atom is 0.246 e. The maximum atomic E-state index is 12.9. The van der Waals surface area contributed by atoms with E-state index in [1.807, 2.05) is 34.6 Å². The molecule has 2 N–H and O–H groups in total. The molecule has 126 valence electrons. The van der Waals surface area contributed by atoms with Gasteiger partial charge in [-0.1, -0.05) is 20.8 Å². The van der Waals surface area contributed by atoms with Gasteiger partial charge in [0.1, 0.15) is 12.1 Å². The molecular weight excluding hydrogens is 282 g/mol. The minimum Gasteiger partial charge on any atom is -0.352 e. The Labute approximate surface area is 133 Å². The Hall–Kier alpha value is -1.59. The van der Waals surface area contributed by atoms with Gasteiger partial charge in [0, 0.05) is 19.5 Å². The van der Waals surface area contributed by atoms with Gasteiger partial charge in [-0.15, -0.1) is 0 Å². The molecule has 0 bridgehead atoms. The summed E-state index contributed by atoms with van der Waals surface area (Å²) in [7, 11) is 0. The van der Waals surface area contributed by atoms with E-state index in [-0.39, 0.29) is 23.8 Å². The van der Waals surface area contributed by atoms with E-state index in [4.69, 9.17) is 0 Å². The highest BCUT2D eigenvalue weighted by atomic mass is 16.2. The van der Waals surface area contributed by atoms with E-state index in [0.717, 1.165) is 6.42 Å². The van der Waals surface area contributed by atoms with Crippen LogP contribution in [0.3, 0.4) is 0 Å². The summed E-state index contributed by atoms with van der Waals surface area (Å²) in [5.41, 5.74) is -0.412. The van der Waals surface area contributed by atoms with Crippen molar-refractivity contribution in [2.75, 3.05) is 6.54 Å². The van der Waals surface area contributed by atoms with E-state index < -0.39 is 17.5 Å². The molecule has 1 aliphatic heterocycles. The van der Waals surface area contributed by atoms with Gasteiger partial charge >= 0.3 is 0 Å². The van der Waals surface area contributed by atoms with Gasteiger partial charge in [-0.2, -0.15) is 0 Å². The summed E-state index contributed by atoms with van der Waals surface area (Å²) >= 11 is 0. The Morgan fingerprint density at radius 3 is 2.18 bits per heavy atom. The highest BCUT2D eigenvalue weighted by Gasteiger charge is 2.41. The summed E-state index contributed by atoms with van der Waals surface area (Å²) < 4.78 is 0. The Morgan fingerprint density at radius 2 is 1.73 bits per heavy atom.